The van der Waals surface area contributed by atoms with Crippen LogP contribution in [0.15, 0.2) is 30.6 Å². The lowest BCUT2D eigenvalue weighted by atomic mass is 9.94. The summed E-state index contributed by atoms with van der Waals surface area (Å²) in [5.41, 5.74) is 0.855. The number of imidazole rings is 1. The Balaban J connectivity index is 1.76. The molecule has 7 nitrogen and oxygen atoms in total. The number of hydrogen-bond donors (Lipinski definition) is 0. The van der Waals surface area contributed by atoms with Crippen molar-refractivity contribution in [1.82, 2.24) is 9.55 Å². The number of anilines is 1. The molecule has 0 spiro atoms. The second-order valence-corrected chi connectivity index (χ2v) is 6.18. The Labute approximate surface area is 140 Å². The minimum atomic E-state index is -0.511. The molecule has 1 atom stereocenters. The number of hydrogen-bond acceptors (Lipinski definition) is 5. The number of aromatic nitrogens is 2. The van der Waals surface area contributed by atoms with E-state index < -0.39 is 4.92 Å². The predicted octanol–water partition coefficient (Wildman–Crippen LogP) is 2.66. The SMILES string of the molecule is Cn1ccnc1C[C@H]1CCCN(c2ccc([N+](=O)[O-])c(C#N)c2)C1. The van der Waals surface area contributed by atoms with Gasteiger partial charge >= 0.3 is 0 Å². The van der Waals surface area contributed by atoms with Crippen LogP contribution < -0.4 is 4.90 Å². The quantitative estimate of drug-likeness (QED) is 0.637. The van der Waals surface area contributed by atoms with Gasteiger partial charge in [-0.2, -0.15) is 5.26 Å². The lowest BCUT2D eigenvalue weighted by Gasteiger charge is -2.34. The zero-order valence-corrected chi connectivity index (χ0v) is 13.6. The third kappa shape index (κ3) is 3.23. The van der Waals surface area contributed by atoms with Gasteiger partial charge in [-0.25, -0.2) is 4.98 Å². The molecule has 0 radical (unpaired) electrons. The zero-order chi connectivity index (χ0) is 17.1. The highest BCUT2D eigenvalue weighted by Gasteiger charge is 2.23. The van der Waals surface area contributed by atoms with E-state index in [-0.39, 0.29) is 11.3 Å². The first-order valence-electron chi connectivity index (χ1n) is 7.98. The van der Waals surface area contributed by atoms with Crippen LogP contribution >= 0.6 is 0 Å². The number of rotatable bonds is 4. The van der Waals surface area contributed by atoms with Crippen molar-refractivity contribution in [3.8, 4) is 6.07 Å². The first-order chi connectivity index (χ1) is 11.6. The molecule has 1 aliphatic rings. The Morgan fingerprint density at radius 1 is 1.50 bits per heavy atom. The highest BCUT2D eigenvalue weighted by atomic mass is 16.6. The molecule has 2 aromatic rings. The number of nitro groups is 1. The average molecular weight is 325 g/mol. The number of benzene rings is 1. The molecule has 1 fully saturated rings. The summed E-state index contributed by atoms with van der Waals surface area (Å²) in [5.74, 6) is 1.56. The molecule has 3 rings (SSSR count). The van der Waals surface area contributed by atoms with Gasteiger partial charge < -0.3 is 9.47 Å². The summed E-state index contributed by atoms with van der Waals surface area (Å²) in [7, 11) is 2.00. The average Bonchev–Trinajstić information content (AvgIpc) is 2.99. The van der Waals surface area contributed by atoms with Crippen LogP contribution in [-0.4, -0.2) is 27.6 Å². The summed E-state index contributed by atoms with van der Waals surface area (Å²) >= 11 is 0. The fourth-order valence-corrected chi connectivity index (χ4v) is 3.29. The van der Waals surface area contributed by atoms with Gasteiger partial charge in [0.25, 0.3) is 5.69 Å². The standard InChI is InChI=1S/C17H19N5O2/c1-20-8-6-19-17(20)9-13-3-2-7-21(12-13)15-4-5-16(22(23)24)14(10-15)11-18/h4-6,8,10,13H,2-3,7,9,12H2,1H3/t13-/m1/s1. The molecule has 1 saturated heterocycles. The van der Waals surface area contributed by atoms with Crippen molar-refractivity contribution in [2.75, 3.05) is 18.0 Å². The van der Waals surface area contributed by atoms with Gasteiger partial charge in [0.15, 0.2) is 0 Å². The summed E-state index contributed by atoms with van der Waals surface area (Å²) in [5, 5.41) is 20.1. The Morgan fingerprint density at radius 3 is 3.00 bits per heavy atom. The molecule has 7 heteroatoms. The van der Waals surface area contributed by atoms with E-state index in [1.807, 2.05) is 30.1 Å². The minimum absolute atomic E-state index is 0.115. The van der Waals surface area contributed by atoms with Crippen LogP contribution in [0, 0.1) is 27.4 Å². The molecule has 0 amide bonds. The van der Waals surface area contributed by atoms with Crippen molar-refractivity contribution in [3.05, 3.63) is 52.1 Å². The molecular weight excluding hydrogens is 306 g/mol. The molecule has 124 valence electrons. The molecule has 1 aromatic heterocycles. The van der Waals surface area contributed by atoms with Gasteiger partial charge in [-0.15, -0.1) is 0 Å². The van der Waals surface area contributed by atoms with Crippen LogP contribution in [0.2, 0.25) is 0 Å². The summed E-state index contributed by atoms with van der Waals surface area (Å²) in [6.07, 6.45) is 6.88. The van der Waals surface area contributed by atoms with E-state index in [1.165, 1.54) is 6.07 Å². The number of nitro benzene ring substituents is 1. The van der Waals surface area contributed by atoms with E-state index in [1.54, 1.807) is 12.1 Å². The summed E-state index contributed by atoms with van der Waals surface area (Å²) in [4.78, 5) is 17.1. The molecule has 2 heterocycles. The van der Waals surface area contributed by atoms with Crippen molar-refractivity contribution >= 4 is 11.4 Å². The fraction of sp³-hybridized carbons (Fsp3) is 0.412. The molecule has 0 bridgehead atoms. The number of piperidine rings is 1. The minimum Gasteiger partial charge on any atom is -0.371 e. The Kier molecular flexibility index (Phi) is 4.47. The lowest BCUT2D eigenvalue weighted by Crippen LogP contribution is -2.36. The first-order valence-corrected chi connectivity index (χ1v) is 7.98. The molecule has 0 saturated carbocycles. The van der Waals surface area contributed by atoms with Gasteiger partial charge in [0.05, 0.1) is 4.92 Å². The van der Waals surface area contributed by atoms with Crippen LogP contribution in [0.1, 0.15) is 24.2 Å². The van der Waals surface area contributed by atoms with Crippen molar-refractivity contribution in [2.24, 2.45) is 13.0 Å². The van der Waals surface area contributed by atoms with Crippen LogP contribution in [0.25, 0.3) is 0 Å². The van der Waals surface area contributed by atoms with Crippen LogP contribution in [-0.2, 0) is 13.5 Å². The van der Waals surface area contributed by atoms with E-state index in [9.17, 15) is 10.1 Å². The highest BCUT2D eigenvalue weighted by Crippen LogP contribution is 2.29. The third-order valence-electron chi connectivity index (χ3n) is 4.57. The second kappa shape index (κ2) is 6.71. The molecule has 0 unspecified atom stereocenters. The van der Waals surface area contributed by atoms with E-state index in [2.05, 4.69) is 9.88 Å². The molecule has 24 heavy (non-hydrogen) atoms. The van der Waals surface area contributed by atoms with Crippen LogP contribution in [0.5, 0.6) is 0 Å². The van der Waals surface area contributed by atoms with Crippen LogP contribution in [0.3, 0.4) is 0 Å². The van der Waals surface area contributed by atoms with Gasteiger partial charge in [-0.3, -0.25) is 10.1 Å². The number of nitrogens with zero attached hydrogens (tertiary/aromatic N) is 5. The smallest absolute Gasteiger partial charge is 0.287 e. The van der Waals surface area contributed by atoms with Crippen molar-refractivity contribution in [3.63, 3.8) is 0 Å². The largest absolute Gasteiger partial charge is 0.371 e. The van der Waals surface area contributed by atoms with Gasteiger partial charge in [0, 0.05) is 50.7 Å². The predicted molar refractivity (Wildman–Crippen MR) is 89.7 cm³/mol. The van der Waals surface area contributed by atoms with Crippen molar-refractivity contribution in [1.29, 1.82) is 5.26 Å². The maximum atomic E-state index is 11.0. The maximum Gasteiger partial charge on any atom is 0.287 e. The van der Waals surface area contributed by atoms with Crippen molar-refractivity contribution < 1.29 is 4.92 Å². The summed E-state index contributed by atoms with van der Waals surface area (Å²) < 4.78 is 2.04. The second-order valence-electron chi connectivity index (χ2n) is 6.18. The number of aryl methyl sites for hydroxylation is 1. The first kappa shape index (κ1) is 16.0. The van der Waals surface area contributed by atoms with Gasteiger partial charge in [-0.05, 0) is 30.9 Å². The molecular formula is C17H19N5O2. The zero-order valence-electron chi connectivity index (χ0n) is 13.6. The van der Waals surface area contributed by atoms with E-state index >= 15 is 0 Å². The monoisotopic (exact) mass is 325 g/mol. The normalized spacial score (nSPS) is 17.5. The summed E-state index contributed by atoms with van der Waals surface area (Å²) in [6, 6.07) is 6.72. The number of nitriles is 1. The van der Waals surface area contributed by atoms with Crippen LogP contribution in [0.4, 0.5) is 11.4 Å². The Hall–Kier alpha value is -2.88. The Morgan fingerprint density at radius 2 is 2.33 bits per heavy atom. The lowest BCUT2D eigenvalue weighted by molar-refractivity contribution is -0.385. The topological polar surface area (TPSA) is 88.0 Å². The maximum absolute atomic E-state index is 11.0. The fourth-order valence-electron chi connectivity index (χ4n) is 3.29. The van der Waals surface area contributed by atoms with Gasteiger partial charge in [0.2, 0.25) is 0 Å². The van der Waals surface area contributed by atoms with E-state index in [0.29, 0.717) is 5.92 Å². The van der Waals surface area contributed by atoms with Crippen molar-refractivity contribution in [2.45, 2.75) is 19.3 Å². The molecule has 0 aliphatic carbocycles. The highest BCUT2D eigenvalue weighted by molar-refractivity contribution is 5.60. The van der Waals surface area contributed by atoms with Gasteiger partial charge in [-0.1, -0.05) is 0 Å². The third-order valence-corrected chi connectivity index (χ3v) is 4.57. The molecule has 0 N–H and O–H groups in total. The van der Waals surface area contributed by atoms with E-state index in [0.717, 1.165) is 43.9 Å². The summed E-state index contributed by atoms with van der Waals surface area (Å²) in [6.45, 7) is 1.77. The molecule has 1 aromatic carbocycles. The molecule has 1 aliphatic heterocycles. The van der Waals surface area contributed by atoms with Gasteiger partial charge in [0.1, 0.15) is 17.5 Å². The Bertz CT molecular complexity index is 793. The van der Waals surface area contributed by atoms with E-state index in [4.69, 9.17) is 5.26 Å².